The zero-order valence-corrected chi connectivity index (χ0v) is 10.7. The Kier molecular flexibility index (Phi) is 4.02. The van der Waals surface area contributed by atoms with Gasteiger partial charge in [-0.25, -0.2) is 0 Å². The molecule has 3 heteroatoms. The number of hydrogen-bond acceptors (Lipinski definition) is 3. The number of ether oxygens (including phenoxy) is 3. The monoisotopic (exact) mass is 236 g/mol. The van der Waals surface area contributed by atoms with Crippen LogP contribution in [0.15, 0.2) is 18.2 Å². The number of methoxy groups -OCH3 is 1. The van der Waals surface area contributed by atoms with E-state index in [0.29, 0.717) is 25.7 Å². The highest BCUT2D eigenvalue weighted by Gasteiger charge is 2.18. The molecule has 0 radical (unpaired) electrons. The lowest BCUT2D eigenvalue weighted by atomic mass is 9.98. The number of benzene rings is 1. The SMILES string of the molecule is COc1cc(C2COCCO2)ccc1C(C)C. The normalized spacial score (nSPS) is 20.6. The summed E-state index contributed by atoms with van der Waals surface area (Å²) >= 11 is 0. The van der Waals surface area contributed by atoms with E-state index in [9.17, 15) is 0 Å². The molecule has 1 aromatic rings. The van der Waals surface area contributed by atoms with Gasteiger partial charge in [-0.1, -0.05) is 26.0 Å². The molecule has 0 bridgehead atoms. The summed E-state index contributed by atoms with van der Waals surface area (Å²) in [5.74, 6) is 1.40. The molecule has 1 atom stereocenters. The van der Waals surface area contributed by atoms with Crippen molar-refractivity contribution in [3.63, 3.8) is 0 Å². The van der Waals surface area contributed by atoms with Gasteiger partial charge in [-0.2, -0.15) is 0 Å². The summed E-state index contributed by atoms with van der Waals surface area (Å²) < 4.78 is 16.5. The van der Waals surface area contributed by atoms with Crippen molar-refractivity contribution in [3.8, 4) is 5.75 Å². The van der Waals surface area contributed by atoms with Gasteiger partial charge in [0.2, 0.25) is 0 Å². The van der Waals surface area contributed by atoms with Gasteiger partial charge in [0.15, 0.2) is 0 Å². The van der Waals surface area contributed by atoms with Crippen molar-refractivity contribution in [2.24, 2.45) is 0 Å². The average Bonchev–Trinajstić information content (AvgIpc) is 2.39. The molecule has 1 aromatic carbocycles. The van der Waals surface area contributed by atoms with Crippen LogP contribution >= 0.6 is 0 Å². The third-order valence-electron chi connectivity index (χ3n) is 3.07. The molecule has 1 unspecified atom stereocenters. The minimum atomic E-state index is 0.0406. The van der Waals surface area contributed by atoms with Crippen LogP contribution in [0, 0.1) is 0 Å². The van der Waals surface area contributed by atoms with E-state index in [1.54, 1.807) is 7.11 Å². The third-order valence-corrected chi connectivity index (χ3v) is 3.07. The lowest BCUT2D eigenvalue weighted by molar-refractivity contribution is -0.0902. The number of rotatable bonds is 3. The van der Waals surface area contributed by atoms with Crippen LogP contribution < -0.4 is 4.74 Å². The molecule has 0 N–H and O–H groups in total. The second kappa shape index (κ2) is 5.52. The van der Waals surface area contributed by atoms with Gasteiger partial charge in [-0.3, -0.25) is 0 Å². The topological polar surface area (TPSA) is 27.7 Å². The first kappa shape index (κ1) is 12.4. The number of hydrogen-bond donors (Lipinski definition) is 0. The van der Waals surface area contributed by atoms with Gasteiger partial charge in [-0.05, 0) is 23.1 Å². The Morgan fingerprint density at radius 2 is 2.12 bits per heavy atom. The first-order chi connectivity index (χ1) is 8.22. The molecular formula is C14H20O3. The molecule has 3 nitrogen and oxygen atoms in total. The Balaban J connectivity index is 2.24. The standard InChI is InChI=1S/C14H20O3/c1-10(2)12-5-4-11(8-13(12)15-3)14-9-16-6-7-17-14/h4-5,8,10,14H,6-7,9H2,1-3H3. The average molecular weight is 236 g/mol. The largest absolute Gasteiger partial charge is 0.496 e. The van der Waals surface area contributed by atoms with Crippen molar-refractivity contribution < 1.29 is 14.2 Å². The lowest BCUT2D eigenvalue weighted by Gasteiger charge is -2.24. The molecule has 94 valence electrons. The van der Waals surface area contributed by atoms with Gasteiger partial charge in [0, 0.05) is 0 Å². The summed E-state index contributed by atoms with van der Waals surface area (Å²) in [6.45, 7) is 6.32. The molecule has 0 amide bonds. The quantitative estimate of drug-likeness (QED) is 0.807. The fourth-order valence-corrected chi connectivity index (χ4v) is 2.09. The smallest absolute Gasteiger partial charge is 0.122 e. The summed E-state index contributed by atoms with van der Waals surface area (Å²) in [7, 11) is 1.71. The molecule has 1 saturated heterocycles. The van der Waals surface area contributed by atoms with Gasteiger partial charge in [0.25, 0.3) is 0 Å². The van der Waals surface area contributed by atoms with Crippen LogP contribution in [0.25, 0.3) is 0 Å². The van der Waals surface area contributed by atoms with Crippen molar-refractivity contribution >= 4 is 0 Å². The molecule has 1 fully saturated rings. The van der Waals surface area contributed by atoms with E-state index < -0.39 is 0 Å². The highest BCUT2D eigenvalue weighted by Crippen LogP contribution is 2.31. The molecule has 1 aliphatic rings. The van der Waals surface area contributed by atoms with Crippen molar-refractivity contribution in [3.05, 3.63) is 29.3 Å². The zero-order valence-electron chi connectivity index (χ0n) is 10.7. The van der Waals surface area contributed by atoms with Crippen LogP contribution in [0.2, 0.25) is 0 Å². The highest BCUT2D eigenvalue weighted by atomic mass is 16.6. The molecule has 1 heterocycles. The highest BCUT2D eigenvalue weighted by molar-refractivity contribution is 5.40. The Labute approximate surface area is 103 Å². The van der Waals surface area contributed by atoms with E-state index >= 15 is 0 Å². The van der Waals surface area contributed by atoms with Crippen LogP contribution in [-0.2, 0) is 9.47 Å². The van der Waals surface area contributed by atoms with Gasteiger partial charge < -0.3 is 14.2 Å². The molecule has 0 saturated carbocycles. The van der Waals surface area contributed by atoms with Crippen LogP contribution in [0.3, 0.4) is 0 Å². The maximum Gasteiger partial charge on any atom is 0.122 e. The van der Waals surface area contributed by atoms with Gasteiger partial charge in [-0.15, -0.1) is 0 Å². The Bertz CT molecular complexity index is 368. The third kappa shape index (κ3) is 2.79. The molecule has 1 aliphatic heterocycles. The van der Waals surface area contributed by atoms with Gasteiger partial charge in [0.05, 0.1) is 26.9 Å². The van der Waals surface area contributed by atoms with E-state index in [-0.39, 0.29) is 6.10 Å². The summed E-state index contributed by atoms with van der Waals surface area (Å²) in [6, 6.07) is 6.29. The van der Waals surface area contributed by atoms with Crippen LogP contribution in [0.1, 0.15) is 37.0 Å². The minimum Gasteiger partial charge on any atom is -0.496 e. The Hall–Kier alpha value is -1.06. The van der Waals surface area contributed by atoms with E-state index in [4.69, 9.17) is 14.2 Å². The second-order valence-corrected chi connectivity index (χ2v) is 4.59. The minimum absolute atomic E-state index is 0.0406. The van der Waals surface area contributed by atoms with Crippen LogP contribution in [-0.4, -0.2) is 26.9 Å². The Morgan fingerprint density at radius 3 is 2.71 bits per heavy atom. The first-order valence-corrected chi connectivity index (χ1v) is 6.09. The lowest BCUT2D eigenvalue weighted by Crippen LogP contribution is -2.22. The maximum absolute atomic E-state index is 5.68. The summed E-state index contributed by atoms with van der Waals surface area (Å²) in [4.78, 5) is 0. The van der Waals surface area contributed by atoms with Gasteiger partial charge in [0.1, 0.15) is 11.9 Å². The van der Waals surface area contributed by atoms with Gasteiger partial charge >= 0.3 is 0 Å². The van der Waals surface area contributed by atoms with E-state index in [0.717, 1.165) is 11.3 Å². The second-order valence-electron chi connectivity index (χ2n) is 4.59. The fourth-order valence-electron chi connectivity index (χ4n) is 2.09. The summed E-state index contributed by atoms with van der Waals surface area (Å²) in [5, 5.41) is 0. The first-order valence-electron chi connectivity index (χ1n) is 6.09. The summed E-state index contributed by atoms with van der Waals surface area (Å²) in [5.41, 5.74) is 2.36. The Morgan fingerprint density at radius 1 is 1.29 bits per heavy atom. The van der Waals surface area contributed by atoms with Crippen molar-refractivity contribution in [1.82, 2.24) is 0 Å². The molecular weight excluding hydrogens is 216 g/mol. The van der Waals surface area contributed by atoms with Crippen LogP contribution in [0.4, 0.5) is 0 Å². The van der Waals surface area contributed by atoms with Crippen molar-refractivity contribution in [1.29, 1.82) is 0 Å². The molecule has 0 aromatic heterocycles. The predicted octanol–water partition coefficient (Wildman–Crippen LogP) is 2.91. The molecule has 0 aliphatic carbocycles. The summed E-state index contributed by atoms with van der Waals surface area (Å²) in [6.07, 6.45) is 0.0406. The van der Waals surface area contributed by atoms with Crippen molar-refractivity contribution in [2.75, 3.05) is 26.9 Å². The maximum atomic E-state index is 5.68. The zero-order chi connectivity index (χ0) is 12.3. The van der Waals surface area contributed by atoms with E-state index in [1.165, 1.54) is 5.56 Å². The molecule has 0 spiro atoms. The predicted molar refractivity (Wildman–Crippen MR) is 66.6 cm³/mol. The van der Waals surface area contributed by atoms with Crippen molar-refractivity contribution in [2.45, 2.75) is 25.9 Å². The molecule has 2 rings (SSSR count). The van der Waals surface area contributed by atoms with E-state index in [2.05, 4.69) is 32.0 Å². The fraction of sp³-hybridized carbons (Fsp3) is 0.571. The van der Waals surface area contributed by atoms with Crippen LogP contribution in [0.5, 0.6) is 5.75 Å². The molecule has 17 heavy (non-hydrogen) atoms. The van der Waals surface area contributed by atoms with E-state index in [1.807, 2.05) is 0 Å².